The van der Waals surface area contributed by atoms with Crippen molar-refractivity contribution < 1.29 is 29.0 Å². The number of carboxylic acid groups (broad SMARTS) is 1. The predicted octanol–water partition coefficient (Wildman–Crippen LogP) is 0.819. The third-order valence-corrected chi connectivity index (χ3v) is 3.55. The Balaban J connectivity index is 2.84. The molecule has 5 N–H and O–H groups in total. The quantitative estimate of drug-likeness (QED) is 0.453. The van der Waals surface area contributed by atoms with Gasteiger partial charge in [0.05, 0.1) is 5.92 Å². The Kier molecular flexibility index (Phi) is 7.29. The molecule has 0 radical (unpaired) electrons. The van der Waals surface area contributed by atoms with Gasteiger partial charge in [0.25, 0.3) is 0 Å². The topological polar surface area (TPSA) is 142 Å². The van der Waals surface area contributed by atoms with Gasteiger partial charge < -0.3 is 26.0 Å². The summed E-state index contributed by atoms with van der Waals surface area (Å²) >= 11 is 0. The van der Waals surface area contributed by atoms with Gasteiger partial charge in [0.2, 0.25) is 5.54 Å². The number of hydrogen-bond acceptors (Lipinski definition) is 7. The van der Waals surface area contributed by atoms with Crippen LogP contribution in [0.2, 0.25) is 0 Å². The summed E-state index contributed by atoms with van der Waals surface area (Å²) in [5.41, 5.74) is 8.79. The number of carboxylic acids is 1. The zero-order valence-electron chi connectivity index (χ0n) is 15.2. The van der Waals surface area contributed by atoms with Crippen LogP contribution in [0.1, 0.15) is 32.8 Å². The number of carbonyl (C=O) groups excluding carboxylic acids is 2. The molecule has 1 rings (SSSR count). The van der Waals surface area contributed by atoms with Gasteiger partial charge in [-0.2, -0.15) is 0 Å². The molecule has 144 valence electrons. The highest BCUT2D eigenvalue weighted by molar-refractivity contribution is 6.04. The van der Waals surface area contributed by atoms with Crippen LogP contribution in [-0.2, 0) is 30.5 Å². The first-order valence-electron chi connectivity index (χ1n) is 8.16. The molecular weight excluding hydrogens is 340 g/mol. The van der Waals surface area contributed by atoms with E-state index in [2.05, 4.69) is 0 Å². The molecule has 0 bridgehead atoms. The van der Waals surface area contributed by atoms with Crippen LogP contribution in [-0.4, -0.2) is 40.7 Å². The van der Waals surface area contributed by atoms with Crippen molar-refractivity contribution in [3.05, 3.63) is 35.9 Å². The van der Waals surface area contributed by atoms with Crippen LogP contribution >= 0.6 is 0 Å². The third-order valence-electron chi connectivity index (χ3n) is 3.55. The monoisotopic (exact) mass is 366 g/mol. The summed E-state index contributed by atoms with van der Waals surface area (Å²) < 4.78 is 10.2. The van der Waals surface area contributed by atoms with Crippen LogP contribution in [0.4, 0.5) is 0 Å². The van der Waals surface area contributed by atoms with E-state index in [0.717, 1.165) is 5.56 Å². The molecule has 0 aliphatic heterocycles. The van der Waals surface area contributed by atoms with Gasteiger partial charge in [0.15, 0.2) is 0 Å². The van der Waals surface area contributed by atoms with Crippen molar-refractivity contribution >= 4 is 17.9 Å². The highest BCUT2D eigenvalue weighted by atomic mass is 16.6. The lowest BCUT2D eigenvalue weighted by atomic mass is 9.87. The second kappa shape index (κ2) is 8.77. The van der Waals surface area contributed by atoms with Crippen LogP contribution in [0.3, 0.4) is 0 Å². The fourth-order valence-electron chi connectivity index (χ4n) is 2.13. The number of hydrogen-bond donors (Lipinski definition) is 3. The van der Waals surface area contributed by atoms with Crippen molar-refractivity contribution in [2.75, 3.05) is 6.54 Å². The molecular formula is C18H26N2O6. The standard InChI is InChI=1S/C18H26N2O6/c1-17(2,3)26-16(24)18(20,15(22)23)9-13(10-19)14(21)25-11-12-7-5-4-6-8-12/h4-8,13H,9-11,19-20H2,1-3H3,(H,22,23)/t13?,18-/m0/s1. The Morgan fingerprint density at radius 3 is 2.19 bits per heavy atom. The average molecular weight is 366 g/mol. The summed E-state index contributed by atoms with van der Waals surface area (Å²) in [7, 11) is 0. The predicted molar refractivity (Wildman–Crippen MR) is 93.8 cm³/mol. The number of ether oxygens (including phenoxy) is 2. The Hall–Kier alpha value is -2.45. The maximum absolute atomic E-state index is 12.3. The lowest BCUT2D eigenvalue weighted by Gasteiger charge is -2.30. The van der Waals surface area contributed by atoms with Gasteiger partial charge in [-0.05, 0) is 26.3 Å². The molecule has 0 aromatic heterocycles. The minimum atomic E-state index is -2.40. The van der Waals surface area contributed by atoms with Gasteiger partial charge in [0.1, 0.15) is 12.2 Å². The van der Waals surface area contributed by atoms with Crippen molar-refractivity contribution in [2.45, 2.75) is 44.9 Å². The normalized spacial score (nSPS) is 14.8. The molecule has 0 fully saturated rings. The SMILES string of the molecule is CC(C)(C)OC(=O)[C@](N)(CC(CN)C(=O)OCc1ccccc1)C(=O)O. The summed E-state index contributed by atoms with van der Waals surface area (Å²) in [5, 5.41) is 9.42. The lowest BCUT2D eigenvalue weighted by Crippen LogP contribution is -2.59. The van der Waals surface area contributed by atoms with E-state index in [-0.39, 0.29) is 13.2 Å². The highest BCUT2D eigenvalue weighted by Crippen LogP contribution is 2.21. The molecule has 0 saturated carbocycles. The van der Waals surface area contributed by atoms with Crippen molar-refractivity contribution in [2.24, 2.45) is 17.4 Å². The number of rotatable bonds is 8. The van der Waals surface area contributed by atoms with Crippen molar-refractivity contribution in [3.63, 3.8) is 0 Å². The number of carbonyl (C=O) groups is 3. The van der Waals surface area contributed by atoms with Gasteiger partial charge in [-0.25, -0.2) is 9.59 Å². The molecule has 0 heterocycles. The van der Waals surface area contributed by atoms with E-state index >= 15 is 0 Å². The highest BCUT2D eigenvalue weighted by Gasteiger charge is 2.48. The van der Waals surface area contributed by atoms with Crippen molar-refractivity contribution in [3.8, 4) is 0 Å². The number of esters is 2. The van der Waals surface area contributed by atoms with E-state index in [9.17, 15) is 19.5 Å². The van der Waals surface area contributed by atoms with Crippen LogP contribution < -0.4 is 11.5 Å². The first-order valence-corrected chi connectivity index (χ1v) is 8.16. The van der Waals surface area contributed by atoms with Crippen LogP contribution in [0, 0.1) is 5.92 Å². The minimum absolute atomic E-state index is 0.00720. The summed E-state index contributed by atoms with van der Waals surface area (Å²) in [6.07, 6.45) is -0.526. The van der Waals surface area contributed by atoms with Crippen LogP contribution in [0.15, 0.2) is 30.3 Å². The molecule has 8 nitrogen and oxygen atoms in total. The average Bonchev–Trinajstić information content (AvgIpc) is 2.56. The first-order chi connectivity index (χ1) is 12.0. The van der Waals surface area contributed by atoms with Crippen molar-refractivity contribution in [1.82, 2.24) is 0 Å². The molecule has 0 aliphatic carbocycles. The van der Waals surface area contributed by atoms with E-state index < -0.39 is 41.4 Å². The fourth-order valence-corrected chi connectivity index (χ4v) is 2.13. The molecule has 26 heavy (non-hydrogen) atoms. The Labute approximate surface area is 152 Å². The van der Waals surface area contributed by atoms with Crippen LogP contribution in [0.25, 0.3) is 0 Å². The van der Waals surface area contributed by atoms with Crippen LogP contribution in [0.5, 0.6) is 0 Å². The molecule has 1 unspecified atom stereocenters. The van der Waals surface area contributed by atoms with Gasteiger partial charge in [-0.3, -0.25) is 4.79 Å². The van der Waals surface area contributed by atoms with E-state index in [1.807, 2.05) is 6.07 Å². The second-order valence-electron chi connectivity index (χ2n) is 7.01. The molecule has 0 amide bonds. The smallest absolute Gasteiger partial charge is 0.338 e. The fraction of sp³-hybridized carbons (Fsp3) is 0.500. The zero-order chi connectivity index (χ0) is 20.0. The van der Waals surface area contributed by atoms with E-state index in [0.29, 0.717) is 0 Å². The van der Waals surface area contributed by atoms with Crippen molar-refractivity contribution in [1.29, 1.82) is 0 Å². The number of aliphatic carboxylic acids is 1. The number of nitrogens with two attached hydrogens (primary N) is 2. The molecule has 0 aliphatic rings. The first kappa shape index (κ1) is 21.6. The van der Waals surface area contributed by atoms with Gasteiger partial charge in [-0.15, -0.1) is 0 Å². The largest absolute Gasteiger partial charge is 0.479 e. The molecule has 8 heteroatoms. The molecule has 0 spiro atoms. The summed E-state index contributed by atoms with van der Waals surface area (Å²) in [6, 6.07) is 8.96. The summed E-state index contributed by atoms with van der Waals surface area (Å²) in [6.45, 7) is 4.54. The van der Waals surface area contributed by atoms with Gasteiger partial charge >= 0.3 is 17.9 Å². The zero-order valence-corrected chi connectivity index (χ0v) is 15.2. The Morgan fingerprint density at radius 2 is 1.73 bits per heavy atom. The molecule has 0 saturated heterocycles. The van der Waals surface area contributed by atoms with Gasteiger partial charge in [0, 0.05) is 13.0 Å². The van der Waals surface area contributed by atoms with E-state index in [4.69, 9.17) is 20.9 Å². The lowest BCUT2D eigenvalue weighted by molar-refractivity contribution is -0.170. The third kappa shape index (κ3) is 6.12. The molecule has 1 aromatic carbocycles. The molecule has 2 atom stereocenters. The van der Waals surface area contributed by atoms with Gasteiger partial charge in [-0.1, -0.05) is 30.3 Å². The Morgan fingerprint density at radius 1 is 1.15 bits per heavy atom. The maximum atomic E-state index is 12.3. The van der Waals surface area contributed by atoms with E-state index in [1.165, 1.54) is 0 Å². The molecule has 1 aromatic rings. The summed E-state index contributed by atoms with van der Waals surface area (Å²) in [4.78, 5) is 36.1. The summed E-state index contributed by atoms with van der Waals surface area (Å²) in [5.74, 6) is -4.52. The second-order valence-corrected chi connectivity index (χ2v) is 7.01. The number of benzene rings is 1. The maximum Gasteiger partial charge on any atom is 0.338 e. The van der Waals surface area contributed by atoms with E-state index in [1.54, 1.807) is 45.0 Å². The Bertz CT molecular complexity index is 641. The minimum Gasteiger partial charge on any atom is -0.479 e.